The van der Waals surface area contributed by atoms with Crippen LogP contribution in [0.2, 0.25) is 23.3 Å². The SMILES string of the molecule is CC/C(COc1c(I)cc(C(C)O[Si](C)(C)C(C)(C)C)nc1Cl)=N/[S+]([O-])C(C)(C)C. The van der Waals surface area contributed by atoms with Gasteiger partial charge in [-0.15, -0.1) is 0 Å². The Morgan fingerprint density at radius 2 is 1.87 bits per heavy atom. The van der Waals surface area contributed by atoms with Crippen LogP contribution in [0, 0.1) is 3.57 Å². The molecule has 0 aliphatic carbocycles. The Labute approximate surface area is 205 Å². The number of aromatic nitrogens is 1. The Bertz CT molecular complexity index is 741. The fourth-order valence-electron chi connectivity index (χ4n) is 2.11. The van der Waals surface area contributed by atoms with Crippen LogP contribution in [-0.2, 0) is 15.8 Å². The summed E-state index contributed by atoms with van der Waals surface area (Å²) in [6, 6.07) is 1.95. The quantitative estimate of drug-likeness (QED) is 0.107. The molecule has 1 heterocycles. The fraction of sp³-hybridized carbons (Fsp3) is 0.714. The smallest absolute Gasteiger partial charge is 0.192 e. The molecule has 0 saturated carbocycles. The maximum absolute atomic E-state index is 12.3. The minimum atomic E-state index is -1.93. The molecule has 0 saturated heterocycles. The summed E-state index contributed by atoms with van der Waals surface area (Å²) in [5, 5.41) is 0.416. The Hall–Kier alpha value is 0.127. The maximum atomic E-state index is 12.3. The van der Waals surface area contributed by atoms with E-state index in [0.29, 0.717) is 17.3 Å². The average Bonchev–Trinajstić information content (AvgIpc) is 2.57. The highest BCUT2D eigenvalue weighted by Gasteiger charge is 2.39. The van der Waals surface area contributed by atoms with Gasteiger partial charge in [0.25, 0.3) is 0 Å². The molecule has 0 aliphatic rings. The van der Waals surface area contributed by atoms with Gasteiger partial charge in [0.2, 0.25) is 0 Å². The Morgan fingerprint density at radius 1 is 1.30 bits per heavy atom. The highest BCUT2D eigenvalue weighted by Crippen LogP contribution is 2.40. The molecule has 9 heteroatoms. The van der Waals surface area contributed by atoms with E-state index in [4.69, 9.17) is 20.8 Å². The van der Waals surface area contributed by atoms with Gasteiger partial charge in [0.05, 0.1) is 15.4 Å². The molecule has 2 atom stereocenters. The summed E-state index contributed by atoms with van der Waals surface area (Å²) in [6.45, 7) is 21.0. The van der Waals surface area contributed by atoms with Gasteiger partial charge < -0.3 is 13.7 Å². The second-order valence-electron chi connectivity index (χ2n) is 9.83. The van der Waals surface area contributed by atoms with Gasteiger partial charge in [-0.25, -0.2) is 4.98 Å². The number of hydrogen-bond acceptors (Lipinski definition) is 5. The van der Waals surface area contributed by atoms with Crippen molar-refractivity contribution in [2.75, 3.05) is 6.61 Å². The van der Waals surface area contributed by atoms with Crippen molar-refractivity contribution in [2.24, 2.45) is 4.40 Å². The highest BCUT2D eigenvalue weighted by atomic mass is 127. The van der Waals surface area contributed by atoms with Crippen molar-refractivity contribution in [3.05, 3.63) is 20.5 Å². The van der Waals surface area contributed by atoms with Gasteiger partial charge >= 0.3 is 0 Å². The zero-order valence-corrected chi connectivity index (χ0v) is 24.6. The number of nitrogens with zero attached hydrogens (tertiary/aromatic N) is 2. The van der Waals surface area contributed by atoms with E-state index in [0.717, 1.165) is 15.0 Å². The van der Waals surface area contributed by atoms with Crippen LogP contribution in [0.5, 0.6) is 5.75 Å². The largest absolute Gasteiger partial charge is 0.591 e. The monoisotopic (exact) mass is 586 g/mol. The van der Waals surface area contributed by atoms with Crippen molar-refractivity contribution >= 4 is 59.6 Å². The lowest BCUT2D eigenvalue weighted by Gasteiger charge is -2.38. The van der Waals surface area contributed by atoms with E-state index in [-0.39, 0.29) is 17.7 Å². The van der Waals surface area contributed by atoms with Gasteiger partial charge in [0, 0.05) is 0 Å². The second kappa shape index (κ2) is 10.8. The van der Waals surface area contributed by atoms with E-state index < -0.39 is 24.4 Å². The van der Waals surface area contributed by atoms with Crippen LogP contribution in [0.1, 0.15) is 73.6 Å². The third-order valence-electron chi connectivity index (χ3n) is 5.13. The standard InChI is InChI=1S/C21H36ClIN2O3SSi/c1-11-15(25-29(26)20(3,4)5)13-27-18-16(23)12-17(24-19(18)22)14(2)28-30(9,10)21(6,7)8/h12,14H,11,13H2,1-10H3/b25-15-. The summed E-state index contributed by atoms with van der Waals surface area (Å²) >= 11 is 7.34. The lowest BCUT2D eigenvalue weighted by Crippen LogP contribution is -2.41. The van der Waals surface area contributed by atoms with Gasteiger partial charge in [-0.1, -0.05) is 43.7 Å². The molecule has 5 nitrogen and oxygen atoms in total. The predicted octanol–water partition coefficient (Wildman–Crippen LogP) is 7.11. The van der Waals surface area contributed by atoms with Crippen molar-refractivity contribution in [3.8, 4) is 5.75 Å². The molecular formula is C21H36ClIN2O3SSi. The van der Waals surface area contributed by atoms with Crippen molar-refractivity contribution < 1.29 is 13.7 Å². The van der Waals surface area contributed by atoms with Crippen LogP contribution in [0.25, 0.3) is 0 Å². The van der Waals surface area contributed by atoms with Crippen molar-refractivity contribution in [3.63, 3.8) is 0 Å². The molecule has 1 aromatic heterocycles. The van der Waals surface area contributed by atoms with Crippen LogP contribution in [-0.4, -0.2) is 34.9 Å². The van der Waals surface area contributed by atoms with E-state index in [2.05, 4.69) is 65.8 Å². The molecule has 0 bridgehead atoms. The molecule has 0 fully saturated rings. The summed E-state index contributed by atoms with van der Waals surface area (Å²) in [5.41, 5.74) is 1.52. The fourth-order valence-corrected chi connectivity index (χ4v) is 5.30. The molecule has 0 N–H and O–H groups in total. The third kappa shape index (κ3) is 7.92. The van der Waals surface area contributed by atoms with Crippen LogP contribution in [0.4, 0.5) is 0 Å². The van der Waals surface area contributed by atoms with E-state index in [1.807, 2.05) is 40.7 Å². The number of rotatable bonds is 8. The third-order valence-corrected chi connectivity index (χ3v) is 12.2. The van der Waals surface area contributed by atoms with Gasteiger partial charge in [-0.05, 0) is 80.9 Å². The molecule has 1 aromatic rings. The van der Waals surface area contributed by atoms with Gasteiger partial charge in [-0.3, -0.25) is 0 Å². The Balaban J connectivity index is 3.00. The van der Waals surface area contributed by atoms with Gasteiger partial charge in [0.15, 0.2) is 19.2 Å². The number of pyridine rings is 1. The van der Waals surface area contributed by atoms with E-state index in [9.17, 15) is 4.55 Å². The molecular weight excluding hydrogens is 551 g/mol. The number of halogens is 2. The molecule has 0 aliphatic heterocycles. The van der Waals surface area contributed by atoms with E-state index in [1.54, 1.807) is 0 Å². The summed E-state index contributed by atoms with van der Waals surface area (Å²) in [4.78, 5) is 4.54. The van der Waals surface area contributed by atoms with Crippen LogP contribution < -0.4 is 4.74 Å². The van der Waals surface area contributed by atoms with E-state index in [1.165, 1.54) is 0 Å². The molecule has 2 unspecified atom stereocenters. The molecule has 0 amide bonds. The minimum Gasteiger partial charge on any atom is -0.591 e. The summed E-state index contributed by atoms with van der Waals surface area (Å²) in [7, 11) is -1.93. The Morgan fingerprint density at radius 3 is 2.30 bits per heavy atom. The zero-order valence-electron chi connectivity index (χ0n) is 19.9. The van der Waals surface area contributed by atoms with Crippen molar-refractivity contribution in [2.45, 2.75) is 90.8 Å². The first-order valence-electron chi connectivity index (χ1n) is 10.1. The Kier molecular flexibility index (Phi) is 10.2. The second-order valence-corrected chi connectivity index (χ2v) is 18.0. The molecule has 172 valence electrons. The summed E-state index contributed by atoms with van der Waals surface area (Å²) < 4.78 is 29.5. The van der Waals surface area contributed by atoms with Crippen LogP contribution in [0.3, 0.4) is 0 Å². The lowest BCUT2D eigenvalue weighted by molar-refractivity contribution is 0.198. The van der Waals surface area contributed by atoms with E-state index >= 15 is 0 Å². The van der Waals surface area contributed by atoms with Gasteiger partial charge in [0.1, 0.15) is 28.4 Å². The van der Waals surface area contributed by atoms with Crippen LogP contribution in [0.15, 0.2) is 10.5 Å². The minimum absolute atomic E-state index is 0.115. The lowest BCUT2D eigenvalue weighted by atomic mass is 10.2. The molecule has 0 radical (unpaired) electrons. The molecule has 0 aromatic carbocycles. The first kappa shape index (κ1) is 28.2. The molecule has 0 spiro atoms. The highest BCUT2D eigenvalue weighted by molar-refractivity contribution is 14.1. The predicted molar refractivity (Wildman–Crippen MR) is 140 cm³/mol. The maximum Gasteiger partial charge on any atom is 0.192 e. The molecule has 30 heavy (non-hydrogen) atoms. The topological polar surface area (TPSA) is 66.8 Å². The number of hydrogen-bond donors (Lipinski definition) is 0. The van der Waals surface area contributed by atoms with Crippen molar-refractivity contribution in [1.82, 2.24) is 4.98 Å². The first-order valence-corrected chi connectivity index (χ1v) is 15.6. The number of ether oxygens (including phenoxy) is 1. The summed E-state index contributed by atoms with van der Waals surface area (Å²) in [5.74, 6) is 0.517. The zero-order chi connectivity index (χ0) is 23.5. The molecule has 1 rings (SSSR count). The summed E-state index contributed by atoms with van der Waals surface area (Å²) in [6.07, 6.45) is 0.492. The van der Waals surface area contributed by atoms with Crippen LogP contribution >= 0.6 is 34.2 Å². The first-order chi connectivity index (χ1) is 13.5. The normalized spacial score (nSPS) is 15.8. The van der Waals surface area contributed by atoms with Gasteiger partial charge in [-0.2, -0.15) is 0 Å². The van der Waals surface area contributed by atoms with Crippen molar-refractivity contribution in [1.29, 1.82) is 0 Å². The average molecular weight is 587 g/mol.